The summed E-state index contributed by atoms with van der Waals surface area (Å²) >= 11 is 0. The van der Waals surface area contributed by atoms with E-state index in [1.807, 2.05) is 55.4 Å². The molecule has 148 valence electrons. The van der Waals surface area contributed by atoms with Crippen molar-refractivity contribution in [1.82, 2.24) is 4.90 Å². The molecule has 0 radical (unpaired) electrons. The van der Waals surface area contributed by atoms with E-state index in [4.69, 9.17) is 18.6 Å². The lowest BCUT2D eigenvalue weighted by molar-refractivity contribution is -0.128. The van der Waals surface area contributed by atoms with Crippen LogP contribution in [0.3, 0.4) is 0 Å². The normalized spacial score (nSPS) is 25.8. The van der Waals surface area contributed by atoms with Gasteiger partial charge in [0.05, 0.1) is 22.4 Å². The first kappa shape index (κ1) is 21.7. The first-order valence-electron chi connectivity index (χ1n) is 9.51. The second kappa shape index (κ2) is 6.80. The maximum atomic E-state index is 12.1. The van der Waals surface area contributed by atoms with Crippen LogP contribution >= 0.6 is 0 Å². The van der Waals surface area contributed by atoms with Crippen LogP contribution in [-0.4, -0.2) is 61.5 Å². The summed E-state index contributed by atoms with van der Waals surface area (Å²) in [6.07, 6.45) is 0.969. The zero-order chi connectivity index (χ0) is 20.1. The molecule has 2 rings (SSSR count). The zero-order valence-corrected chi connectivity index (χ0v) is 18.1. The van der Waals surface area contributed by atoms with E-state index in [2.05, 4.69) is 0 Å². The quantitative estimate of drug-likeness (QED) is 0.700. The number of amides is 1. The molecule has 0 aromatic heterocycles. The first-order valence-corrected chi connectivity index (χ1v) is 9.51. The molecule has 0 bridgehead atoms. The minimum Gasteiger partial charge on any atom is -0.403 e. The fourth-order valence-corrected chi connectivity index (χ4v) is 3.04. The summed E-state index contributed by atoms with van der Waals surface area (Å²) in [6, 6.07) is 0. The maximum Gasteiger partial charge on any atom is 0.458 e. The van der Waals surface area contributed by atoms with Crippen molar-refractivity contribution >= 4 is 20.1 Å². The van der Waals surface area contributed by atoms with E-state index in [9.17, 15) is 4.79 Å². The van der Waals surface area contributed by atoms with Crippen LogP contribution < -0.4 is 0 Å². The molecule has 0 atom stereocenters. The molecule has 0 unspecified atom stereocenters. The van der Waals surface area contributed by atoms with Gasteiger partial charge in [-0.1, -0.05) is 0 Å². The van der Waals surface area contributed by atoms with Gasteiger partial charge in [-0.3, -0.25) is 4.79 Å². The Balaban J connectivity index is 2.22. The lowest BCUT2D eigenvalue weighted by Crippen LogP contribution is -2.41. The Hall–Kier alpha value is -0.560. The highest BCUT2D eigenvalue weighted by molar-refractivity contribution is 6.68. The third kappa shape index (κ3) is 3.98. The third-order valence-electron chi connectivity index (χ3n) is 6.43. The van der Waals surface area contributed by atoms with Gasteiger partial charge in [-0.2, -0.15) is 0 Å². The van der Waals surface area contributed by atoms with E-state index in [-0.39, 0.29) is 11.6 Å². The molecule has 8 heteroatoms. The predicted octanol–water partition coefficient (Wildman–Crippen LogP) is 2.95. The fraction of sp³-hybridized carbons (Fsp3) is 0.944. The Labute approximate surface area is 159 Å². The SMILES string of the molecule is CN(C)C(=O)CCC(B1OC(C)(C)C(C)(C)O1)B1OC(C)(C)C(C)(C)O1. The molecule has 2 saturated heterocycles. The molecule has 0 saturated carbocycles. The Kier molecular flexibility index (Phi) is 5.68. The van der Waals surface area contributed by atoms with Gasteiger partial charge in [0.15, 0.2) is 0 Å². The Morgan fingerprint density at radius 3 is 1.35 bits per heavy atom. The summed E-state index contributed by atoms with van der Waals surface area (Å²) in [5.74, 6) is 0.0723. The molecule has 6 nitrogen and oxygen atoms in total. The van der Waals surface area contributed by atoms with Crippen molar-refractivity contribution in [3.05, 3.63) is 0 Å². The monoisotopic (exact) mass is 367 g/mol. The van der Waals surface area contributed by atoms with Gasteiger partial charge in [-0.05, 0) is 61.8 Å². The second-order valence-corrected chi connectivity index (χ2v) is 9.74. The molecule has 1 amide bonds. The van der Waals surface area contributed by atoms with E-state index in [1.165, 1.54) is 0 Å². The summed E-state index contributed by atoms with van der Waals surface area (Å²) < 4.78 is 25.0. The maximum absolute atomic E-state index is 12.1. The standard InChI is InChI=1S/C18H35B2NO5/c1-15(2)16(3,4)24-19(23-15)13(11-12-14(22)21(9)10)20-25-17(5,6)18(7,8)26-20/h13H,11-12H2,1-10H3. The van der Waals surface area contributed by atoms with Crippen molar-refractivity contribution in [3.63, 3.8) is 0 Å². The lowest BCUT2D eigenvalue weighted by atomic mass is 9.50. The van der Waals surface area contributed by atoms with Gasteiger partial charge in [-0.25, -0.2) is 0 Å². The third-order valence-corrected chi connectivity index (χ3v) is 6.43. The predicted molar refractivity (Wildman–Crippen MR) is 104 cm³/mol. The topological polar surface area (TPSA) is 57.2 Å². The molecule has 2 aliphatic rings. The zero-order valence-electron chi connectivity index (χ0n) is 18.1. The second-order valence-electron chi connectivity index (χ2n) is 9.74. The first-order chi connectivity index (χ1) is 11.6. The van der Waals surface area contributed by atoms with Crippen molar-refractivity contribution in [2.75, 3.05) is 14.1 Å². The molecule has 2 heterocycles. The Morgan fingerprint density at radius 1 is 0.769 bits per heavy atom. The average molecular weight is 367 g/mol. The van der Waals surface area contributed by atoms with E-state index in [1.54, 1.807) is 19.0 Å². The van der Waals surface area contributed by atoms with Crippen LogP contribution in [0.5, 0.6) is 0 Å². The smallest absolute Gasteiger partial charge is 0.403 e. The van der Waals surface area contributed by atoms with E-state index in [0.717, 1.165) is 0 Å². The summed E-state index contributed by atoms with van der Waals surface area (Å²) in [5, 5.41) is 0. The van der Waals surface area contributed by atoms with E-state index in [0.29, 0.717) is 12.8 Å². The minimum atomic E-state index is -0.482. The van der Waals surface area contributed by atoms with Crippen LogP contribution in [0.2, 0.25) is 5.72 Å². The number of hydrogen-bond donors (Lipinski definition) is 0. The summed E-state index contributed by atoms with van der Waals surface area (Å²) in [7, 11) is 2.57. The van der Waals surface area contributed by atoms with Crippen LogP contribution in [0.4, 0.5) is 0 Å². The number of rotatable bonds is 5. The van der Waals surface area contributed by atoms with Crippen LogP contribution in [0.1, 0.15) is 68.2 Å². The molecule has 2 fully saturated rings. The highest BCUT2D eigenvalue weighted by Gasteiger charge is 2.61. The average Bonchev–Trinajstić information content (AvgIpc) is 2.78. The van der Waals surface area contributed by atoms with Gasteiger partial charge in [0.25, 0.3) is 0 Å². The molecule has 0 aliphatic carbocycles. The molecule has 2 aliphatic heterocycles. The van der Waals surface area contributed by atoms with Gasteiger partial charge in [0.1, 0.15) is 0 Å². The largest absolute Gasteiger partial charge is 0.458 e. The van der Waals surface area contributed by atoms with Crippen LogP contribution in [0.25, 0.3) is 0 Å². The van der Waals surface area contributed by atoms with Crippen LogP contribution in [0.15, 0.2) is 0 Å². The summed E-state index contributed by atoms with van der Waals surface area (Å²) in [5.41, 5.74) is -1.95. The highest BCUT2D eigenvalue weighted by Crippen LogP contribution is 2.46. The highest BCUT2D eigenvalue weighted by atomic mass is 16.7. The van der Waals surface area contributed by atoms with Gasteiger partial charge in [-0.15, -0.1) is 0 Å². The lowest BCUT2D eigenvalue weighted by Gasteiger charge is -2.32. The summed E-state index contributed by atoms with van der Waals surface area (Å²) in [6.45, 7) is 16.2. The molecule has 26 heavy (non-hydrogen) atoms. The molecule has 0 spiro atoms. The van der Waals surface area contributed by atoms with Crippen molar-refractivity contribution in [3.8, 4) is 0 Å². The Morgan fingerprint density at radius 2 is 1.08 bits per heavy atom. The number of hydrogen-bond acceptors (Lipinski definition) is 5. The number of carbonyl (C=O) groups excluding carboxylic acids is 1. The van der Waals surface area contributed by atoms with Crippen LogP contribution in [0, 0.1) is 0 Å². The fourth-order valence-electron chi connectivity index (χ4n) is 3.04. The molecular weight excluding hydrogens is 332 g/mol. The molecule has 0 aromatic carbocycles. The summed E-state index contributed by atoms with van der Waals surface area (Å²) in [4.78, 5) is 13.8. The number of nitrogens with zero attached hydrogens (tertiary/aromatic N) is 1. The Bertz CT molecular complexity index is 480. The van der Waals surface area contributed by atoms with E-state index < -0.39 is 36.6 Å². The van der Waals surface area contributed by atoms with Crippen LogP contribution in [-0.2, 0) is 23.4 Å². The number of carbonyl (C=O) groups is 1. The van der Waals surface area contributed by atoms with Crippen molar-refractivity contribution < 1.29 is 23.4 Å². The van der Waals surface area contributed by atoms with Crippen molar-refractivity contribution in [1.29, 1.82) is 0 Å². The van der Waals surface area contributed by atoms with Gasteiger partial charge < -0.3 is 23.5 Å². The molecular formula is C18H35B2NO5. The van der Waals surface area contributed by atoms with Gasteiger partial charge in [0.2, 0.25) is 5.91 Å². The molecule has 0 aromatic rings. The molecule has 0 N–H and O–H groups in total. The van der Waals surface area contributed by atoms with Gasteiger partial charge in [0, 0.05) is 26.2 Å². The van der Waals surface area contributed by atoms with Crippen molar-refractivity contribution in [2.45, 2.75) is 96.4 Å². The van der Waals surface area contributed by atoms with Crippen molar-refractivity contribution in [2.24, 2.45) is 0 Å². The van der Waals surface area contributed by atoms with Gasteiger partial charge >= 0.3 is 14.2 Å². The van der Waals surface area contributed by atoms with E-state index >= 15 is 0 Å². The minimum absolute atomic E-state index is 0.0723.